The normalized spacial score (nSPS) is 12.8. The molecule has 0 aromatic carbocycles. The summed E-state index contributed by atoms with van der Waals surface area (Å²) in [5.74, 6) is 5.43. The number of furan rings is 1. The predicted molar refractivity (Wildman–Crippen MR) is 55.9 cm³/mol. The van der Waals surface area contributed by atoms with Crippen LogP contribution in [0.1, 0.15) is 24.4 Å². The Morgan fingerprint density at radius 1 is 1.77 bits per heavy atom. The van der Waals surface area contributed by atoms with Gasteiger partial charge in [-0.2, -0.15) is 0 Å². The summed E-state index contributed by atoms with van der Waals surface area (Å²) < 4.78 is 5.86. The van der Waals surface area contributed by atoms with Gasteiger partial charge in [-0.1, -0.05) is 6.08 Å². The van der Waals surface area contributed by atoms with Crippen LogP contribution >= 0.6 is 15.9 Å². The van der Waals surface area contributed by atoms with Gasteiger partial charge in [0.25, 0.3) is 0 Å². The second-order valence-electron chi connectivity index (χ2n) is 2.73. The van der Waals surface area contributed by atoms with Crippen molar-refractivity contribution in [3.05, 3.63) is 35.2 Å². The van der Waals surface area contributed by atoms with E-state index < -0.39 is 0 Å². The van der Waals surface area contributed by atoms with Gasteiger partial charge in [0, 0.05) is 5.56 Å². The molecule has 1 atom stereocenters. The van der Waals surface area contributed by atoms with E-state index in [9.17, 15) is 0 Å². The van der Waals surface area contributed by atoms with Gasteiger partial charge in [-0.05, 0) is 34.8 Å². The Hall–Kier alpha value is -0.580. The number of allylic oxidation sites excluding steroid dienone is 1. The highest BCUT2D eigenvalue weighted by atomic mass is 79.9. The van der Waals surface area contributed by atoms with Crippen LogP contribution in [0.2, 0.25) is 0 Å². The molecule has 1 aromatic heterocycles. The molecule has 72 valence electrons. The van der Waals surface area contributed by atoms with E-state index in [2.05, 4.69) is 27.9 Å². The molecule has 0 saturated carbocycles. The van der Waals surface area contributed by atoms with E-state index >= 15 is 0 Å². The topological polar surface area (TPSA) is 51.2 Å². The first-order chi connectivity index (χ1) is 6.29. The zero-order valence-electron chi connectivity index (χ0n) is 7.29. The Morgan fingerprint density at radius 3 is 3.00 bits per heavy atom. The van der Waals surface area contributed by atoms with Crippen LogP contribution in [0.15, 0.2) is 34.1 Å². The average molecular weight is 245 g/mol. The molecule has 3 N–H and O–H groups in total. The molecular weight excluding hydrogens is 232 g/mol. The lowest BCUT2D eigenvalue weighted by molar-refractivity contribution is 0.491. The molecule has 0 aliphatic heterocycles. The number of halogens is 1. The smallest absolute Gasteiger partial charge is 0.173 e. The number of hydrogen-bond donors (Lipinski definition) is 2. The van der Waals surface area contributed by atoms with Crippen LogP contribution in [0.3, 0.4) is 0 Å². The largest absolute Gasteiger partial charge is 0.457 e. The van der Waals surface area contributed by atoms with Gasteiger partial charge in [0.1, 0.15) is 0 Å². The summed E-state index contributed by atoms with van der Waals surface area (Å²) in [6.07, 6.45) is 5.35. The second kappa shape index (κ2) is 5.21. The SMILES string of the molecule is C=CCCC(NN)c1ccoc1Br. The zero-order valence-corrected chi connectivity index (χ0v) is 8.88. The maximum Gasteiger partial charge on any atom is 0.173 e. The molecule has 0 radical (unpaired) electrons. The third-order valence-corrected chi connectivity index (χ3v) is 2.53. The molecule has 1 heterocycles. The highest BCUT2D eigenvalue weighted by Crippen LogP contribution is 2.26. The van der Waals surface area contributed by atoms with Gasteiger partial charge in [-0.3, -0.25) is 11.3 Å². The van der Waals surface area contributed by atoms with Crippen LogP contribution in [0.4, 0.5) is 0 Å². The zero-order chi connectivity index (χ0) is 9.68. The van der Waals surface area contributed by atoms with Gasteiger partial charge < -0.3 is 4.42 Å². The lowest BCUT2D eigenvalue weighted by Gasteiger charge is -2.12. The third-order valence-electron chi connectivity index (χ3n) is 1.88. The summed E-state index contributed by atoms with van der Waals surface area (Å²) in [4.78, 5) is 0. The molecule has 0 aliphatic carbocycles. The minimum atomic E-state index is 0.117. The molecule has 0 aliphatic rings. The first-order valence-electron chi connectivity index (χ1n) is 4.09. The summed E-state index contributed by atoms with van der Waals surface area (Å²) in [5, 5.41) is 0. The fourth-order valence-corrected chi connectivity index (χ4v) is 1.68. The van der Waals surface area contributed by atoms with E-state index in [-0.39, 0.29) is 6.04 Å². The summed E-state index contributed by atoms with van der Waals surface area (Å²) in [5.41, 5.74) is 3.79. The Balaban J connectivity index is 2.66. The quantitative estimate of drug-likeness (QED) is 0.476. The monoisotopic (exact) mass is 244 g/mol. The van der Waals surface area contributed by atoms with Crippen LogP contribution in [0.25, 0.3) is 0 Å². The van der Waals surface area contributed by atoms with Crippen LogP contribution in [-0.2, 0) is 0 Å². The van der Waals surface area contributed by atoms with E-state index in [0.29, 0.717) is 0 Å². The van der Waals surface area contributed by atoms with Gasteiger partial charge in [0.2, 0.25) is 0 Å². The molecule has 0 bridgehead atoms. The molecule has 0 amide bonds. The number of hydrazine groups is 1. The third kappa shape index (κ3) is 2.69. The summed E-state index contributed by atoms with van der Waals surface area (Å²) in [7, 11) is 0. The van der Waals surface area contributed by atoms with E-state index in [1.54, 1.807) is 6.26 Å². The lowest BCUT2D eigenvalue weighted by atomic mass is 10.1. The number of hydrogen-bond acceptors (Lipinski definition) is 3. The van der Waals surface area contributed by atoms with Crippen molar-refractivity contribution in [2.45, 2.75) is 18.9 Å². The van der Waals surface area contributed by atoms with Crippen molar-refractivity contribution in [1.82, 2.24) is 5.43 Å². The summed E-state index contributed by atoms with van der Waals surface area (Å²) in [6.45, 7) is 3.67. The van der Waals surface area contributed by atoms with Crippen LogP contribution < -0.4 is 11.3 Å². The van der Waals surface area contributed by atoms with E-state index in [0.717, 1.165) is 23.1 Å². The van der Waals surface area contributed by atoms with Crippen molar-refractivity contribution in [3.8, 4) is 0 Å². The standard InChI is InChI=1S/C9H13BrN2O/c1-2-3-4-8(12-11)7-5-6-13-9(7)10/h2,5-6,8,12H,1,3-4,11H2. The van der Waals surface area contributed by atoms with Crippen molar-refractivity contribution in [2.75, 3.05) is 0 Å². The van der Waals surface area contributed by atoms with Gasteiger partial charge in [-0.25, -0.2) is 0 Å². The molecule has 3 nitrogen and oxygen atoms in total. The average Bonchev–Trinajstić information content (AvgIpc) is 2.54. The minimum absolute atomic E-state index is 0.117. The van der Waals surface area contributed by atoms with Crippen LogP contribution in [0.5, 0.6) is 0 Å². The van der Waals surface area contributed by atoms with Gasteiger partial charge in [0.15, 0.2) is 4.67 Å². The van der Waals surface area contributed by atoms with Gasteiger partial charge >= 0.3 is 0 Å². The first kappa shape index (κ1) is 10.5. The molecule has 4 heteroatoms. The van der Waals surface area contributed by atoms with Crippen LogP contribution in [-0.4, -0.2) is 0 Å². The highest BCUT2D eigenvalue weighted by Gasteiger charge is 2.13. The fourth-order valence-electron chi connectivity index (χ4n) is 1.17. The molecule has 0 saturated heterocycles. The Labute approximate surface area is 86.1 Å². The Morgan fingerprint density at radius 2 is 2.54 bits per heavy atom. The summed E-state index contributed by atoms with van der Waals surface area (Å²) >= 11 is 3.31. The maximum atomic E-state index is 5.43. The van der Waals surface area contributed by atoms with E-state index in [4.69, 9.17) is 10.3 Å². The Kier molecular flexibility index (Phi) is 4.21. The van der Waals surface area contributed by atoms with E-state index in [1.165, 1.54) is 0 Å². The molecule has 0 spiro atoms. The van der Waals surface area contributed by atoms with Crippen molar-refractivity contribution in [1.29, 1.82) is 0 Å². The highest BCUT2D eigenvalue weighted by molar-refractivity contribution is 9.10. The van der Waals surface area contributed by atoms with Crippen molar-refractivity contribution in [2.24, 2.45) is 5.84 Å². The minimum Gasteiger partial charge on any atom is -0.457 e. The van der Waals surface area contributed by atoms with Crippen LogP contribution in [0, 0.1) is 0 Å². The Bertz CT molecular complexity index is 272. The van der Waals surface area contributed by atoms with Crippen molar-refractivity contribution in [3.63, 3.8) is 0 Å². The predicted octanol–water partition coefficient (Wildman–Crippen LogP) is 2.51. The van der Waals surface area contributed by atoms with E-state index in [1.807, 2.05) is 12.1 Å². The molecule has 1 aromatic rings. The molecular formula is C9H13BrN2O. The van der Waals surface area contributed by atoms with Gasteiger partial charge in [0.05, 0.1) is 12.3 Å². The second-order valence-corrected chi connectivity index (χ2v) is 3.46. The lowest BCUT2D eigenvalue weighted by Crippen LogP contribution is -2.27. The molecule has 1 unspecified atom stereocenters. The number of nitrogens with two attached hydrogens (primary N) is 1. The molecule has 13 heavy (non-hydrogen) atoms. The number of nitrogens with one attached hydrogen (secondary N) is 1. The van der Waals surface area contributed by atoms with Gasteiger partial charge in [-0.15, -0.1) is 6.58 Å². The molecule has 1 rings (SSSR count). The molecule has 0 fully saturated rings. The summed E-state index contributed by atoms with van der Waals surface area (Å²) in [6, 6.07) is 2.02. The van der Waals surface area contributed by atoms with Crippen molar-refractivity contribution >= 4 is 15.9 Å². The fraction of sp³-hybridized carbons (Fsp3) is 0.333. The maximum absolute atomic E-state index is 5.43. The number of rotatable bonds is 5. The van der Waals surface area contributed by atoms with Crippen molar-refractivity contribution < 1.29 is 4.42 Å². The first-order valence-corrected chi connectivity index (χ1v) is 4.88.